The molecule has 0 amide bonds. The summed E-state index contributed by atoms with van der Waals surface area (Å²) in [4.78, 5) is 25.4. The third-order valence-electron chi connectivity index (χ3n) is 5.04. The second-order valence-corrected chi connectivity index (χ2v) is 8.33. The van der Waals surface area contributed by atoms with Crippen molar-refractivity contribution in [3.63, 3.8) is 0 Å². The van der Waals surface area contributed by atoms with Gasteiger partial charge in [0.1, 0.15) is 0 Å². The van der Waals surface area contributed by atoms with Gasteiger partial charge in [-0.2, -0.15) is 0 Å². The summed E-state index contributed by atoms with van der Waals surface area (Å²) < 4.78 is 24.8. The first-order valence-electron chi connectivity index (χ1n) is 9.29. The molecule has 0 N–H and O–H groups in total. The quantitative estimate of drug-likeness (QED) is 0.525. The Morgan fingerprint density at radius 2 is 2.00 bits per heavy atom. The maximum Gasteiger partial charge on any atom is 0.339 e. The minimum Gasteiger partial charge on any atom is -0.454 e. The Kier molecular flexibility index (Phi) is 6.46. The predicted octanol–water partition coefficient (Wildman–Crippen LogP) is 3.06. The van der Waals surface area contributed by atoms with Crippen LogP contribution in [-0.2, 0) is 26.8 Å². The summed E-state index contributed by atoms with van der Waals surface area (Å²) in [7, 11) is -1.32. The van der Waals surface area contributed by atoms with Crippen LogP contribution in [0.4, 0.5) is 0 Å². The van der Waals surface area contributed by atoms with Crippen molar-refractivity contribution >= 4 is 22.6 Å². The molecule has 0 spiro atoms. The zero-order valence-electron chi connectivity index (χ0n) is 16.4. The van der Waals surface area contributed by atoms with Crippen LogP contribution in [0.15, 0.2) is 35.2 Å². The van der Waals surface area contributed by atoms with Crippen LogP contribution in [0.2, 0.25) is 0 Å². The summed E-state index contributed by atoms with van der Waals surface area (Å²) >= 11 is 0. The van der Waals surface area contributed by atoms with E-state index in [0.717, 1.165) is 37.4 Å². The van der Waals surface area contributed by atoms with Crippen molar-refractivity contribution in [1.82, 2.24) is 4.57 Å². The number of benzene rings is 1. The molecule has 1 aromatic heterocycles. The van der Waals surface area contributed by atoms with Gasteiger partial charge < -0.3 is 14.0 Å². The summed E-state index contributed by atoms with van der Waals surface area (Å²) in [5.41, 5.74) is 2.61. The molecular weight excluding hydrogens is 378 g/mol. The highest BCUT2D eigenvalue weighted by Gasteiger charge is 2.22. The standard InChI is InChI=1S/C21H25NO5S/c1-14-11-18(15(2)22(14)12-16-7-6-10-26-16)19(23)13-27-21(24)17-8-4-5-9-20(17)28(3)25/h4-5,8-9,11,16H,6-7,10,12-13H2,1-3H3/t16-,28-/m0/s1. The van der Waals surface area contributed by atoms with Crippen LogP contribution >= 0.6 is 0 Å². The lowest BCUT2D eigenvalue weighted by atomic mass is 10.1. The number of ether oxygens (including phenoxy) is 2. The van der Waals surface area contributed by atoms with Gasteiger partial charge in [0.2, 0.25) is 5.78 Å². The van der Waals surface area contributed by atoms with E-state index in [1.54, 1.807) is 24.3 Å². The molecule has 0 bridgehead atoms. The molecule has 1 aromatic carbocycles. The van der Waals surface area contributed by atoms with Gasteiger partial charge in [-0.15, -0.1) is 0 Å². The van der Waals surface area contributed by atoms with Crippen molar-refractivity contribution in [2.24, 2.45) is 0 Å². The van der Waals surface area contributed by atoms with Crippen LogP contribution in [0.3, 0.4) is 0 Å². The molecule has 1 fully saturated rings. The molecule has 0 radical (unpaired) electrons. The lowest BCUT2D eigenvalue weighted by Gasteiger charge is -2.14. The molecule has 2 aromatic rings. The van der Waals surface area contributed by atoms with Gasteiger partial charge in [-0.05, 0) is 44.9 Å². The van der Waals surface area contributed by atoms with Crippen LogP contribution in [0.25, 0.3) is 0 Å². The zero-order chi connectivity index (χ0) is 20.3. The molecule has 150 valence electrons. The molecule has 0 saturated carbocycles. The third kappa shape index (κ3) is 4.42. The Bertz CT molecular complexity index is 912. The van der Waals surface area contributed by atoms with Crippen LogP contribution in [0.1, 0.15) is 44.9 Å². The summed E-state index contributed by atoms with van der Waals surface area (Å²) in [5, 5.41) is 0. The number of carbonyl (C=O) groups is 2. The first-order valence-corrected chi connectivity index (χ1v) is 10.9. The number of carbonyl (C=O) groups excluding carboxylic acids is 2. The molecule has 2 atom stereocenters. The number of hydrogen-bond donors (Lipinski definition) is 0. The average Bonchev–Trinajstić information content (AvgIpc) is 3.29. The topological polar surface area (TPSA) is 74.6 Å². The molecule has 2 heterocycles. The molecule has 0 aliphatic carbocycles. The normalized spacial score (nSPS) is 17.5. The fourth-order valence-electron chi connectivity index (χ4n) is 3.53. The van der Waals surface area contributed by atoms with Gasteiger partial charge >= 0.3 is 5.97 Å². The van der Waals surface area contributed by atoms with Crippen molar-refractivity contribution in [2.75, 3.05) is 19.5 Å². The number of ketones is 1. The Morgan fingerprint density at radius 1 is 1.25 bits per heavy atom. The van der Waals surface area contributed by atoms with Crippen molar-refractivity contribution in [3.8, 4) is 0 Å². The highest BCUT2D eigenvalue weighted by Crippen LogP contribution is 2.21. The molecule has 0 unspecified atom stereocenters. The van der Waals surface area contributed by atoms with Gasteiger partial charge in [-0.3, -0.25) is 9.00 Å². The second kappa shape index (κ2) is 8.84. The van der Waals surface area contributed by atoms with Crippen molar-refractivity contribution in [2.45, 2.75) is 44.2 Å². The van der Waals surface area contributed by atoms with Gasteiger partial charge in [-0.1, -0.05) is 12.1 Å². The Balaban J connectivity index is 1.68. The Labute approximate surface area is 167 Å². The van der Waals surface area contributed by atoms with E-state index < -0.39 is 16.8 Å². The monoisotopic (exact) mass is 403 g/mol. The van der Waals surface area contributed by atoms with E-state index in [4.69, 9.17) is 9.47 Å². The molecule has 1 aliphatic heterocycles. The summed E-state index contributed by atoms with van der Waals surface area (Å²) in [5.74, 6) is -0.901. The summed E-state index contributed by atoms with van der Waals surface area (Å²) in [6, 6.07) is 8.38. The zero-order valence-corrected chi connectivity index (χ0v) is 17.2. The van der Waals surface area contributed by atoms with Crippen molar-refractivity contribution in [3.05, 3.63) is 52.8 Å². The number of Topliss-reactive ketones (excluding diaryl/α,β-unsaturated/α-hetero) is 1. The number of aryl methyl sites for hydroxylation is 1. The van der Waals surface area contributed by atoms with Gasteiger partial charge in [0.05, 0.1) is 27.4 Å². The second-order valence-electron chi connectivity index (χ2n) is 6.98. The molecular formula is C21H25NO5S. The predicted molar refractivity (Wildman–Crippen MR) is 106 cm³/mol. The first-order chi connectivity index (χ1) is 13.4. The van der Waals surface area contributed by atoms with E-state index >= 15 is 0 Å². The SMILES string of the molecule is Cc1cc(C(=O)COC(=O)c2ccccc2[S@](C)=O)c(C)n1C[C@@H]1CCCO1. The molecule has 1 saturated heterocycles. The highest BCUT2D eigenvalue weighted by atomic mass is 32.2. The average molecular weight is 404 g/mol. The molecule has 1 aliphatic rings. The van der Waals surface area contributed by atoms with E-state index in [1.165, 1.54) is 6.26 Å². The summed E-state index contributed by atoms with van der Waals surface area (Å²) in [6.45, 7) is 5.01. The van der Waals surface area contributed by atoms with E-state index in [0.29, 0.717) is 10.5 Å². The highest BCUT2D eigenvalue weighted by molar-refractivity contribution is 7.84. The van der Waals surface area contributed by atoms with E-state index in [1.807, 2.05) is 19.9 Å². The minimum absolute atomic E-state index is 0.178. The third-order valence-corrected chi connectivity index (χ3v) is 6.01. The maximum absolute atomic E-state index is 12.6. The Hall–Kier alpha value is -2.25. The van der Waals surface area contributed by atoms with Gasteiger partial charge in [-0.25, -0.2) is 4.79 Å². The van der Waals surface area contributed by atoms with Crippen molar-refractivity contribution in [1.29, 1.82) is 0 Å². The smallest absolute Gasteiger partial charge is 0.339 e. The van der Waals surface area contributed by atoms with Crippen LogP contribution in [0.5, 0.6) is 0 Å². The molecule has 7 heteroatoms. The number of rotatable bonds is 7. The molecule has 6 nitrogen and oxygen atoms in total. The number of nitrogens with zero attached hydrogens (tertiary/aromatic N) is 1. The lowest BCUT2D eigenvalue weighted by molar-refractivity contribution is 0.0471. The fourth-order valence-corrected chi connectivity index (χ4v) is 4.26. The first kappa shape index (κ1) is 20.5. The maximum atomic E-state index is 12.6. The fraction of sp³-hybridized carbons (Fsp3) is 0.429. The van der Waals surface area contributed by atoms with E-state index in [9.17, 15) is 13.8 Å². The number of esters is 1. The Morgan fingerprint density at radius 3 is 2.68 bits per heavy atom. The van der Waals surface area contributed by atoms with Crippen LogP contribution in [-0.4, -0.2) is 46.1 Å². The molecule has 3 rings (SSSR count). The molecule has 28 heavy (non-hydrogen) atoms. The van der Waals surface area contributed by atoms with Gasteiger partial charge in [0.25, 0.3) is 0 Å². The summed E-state index contributed by atoms with van der Waals surface area (Å²) in [6.07, 6.45) is 3.77. The largest absolute Gasteiger partial charge is 0.454 e. The van der Waals surface area contributed by atoms with E-state index in [2.05, 4.69) is 4.57 Å². The number of hydrogen-bond acceptors (Lipinski definition) is 5. The lowest BCUT2D eigenvalue weighted by Crippen LogP contribution is -2.18. The van der Waals surface area contributed by atoms with Gasteiger partial charge in [0, 0.05) is 36.4 Å². The van der Waals surface area contributed by atoms with Crippen LogP contribution < -0.4 is 0 Å². The number of aromatic nitrogens is 1. The minimum atomic E-state index is -1.32. The van der Waals surface area contributed by atoms with Gasteiger partial charge in [0.15, 0.2) is 6.61 Å². The van der Waals surface area contributed by atoms with E-state index in [-0.39, 0.29) is 24.1 Å². The van der Waals surface area contributed by atoms with Crippen molar-refractivity contribution < 1.29 is 23.3 Å². The van der Waals surface area contributed by atoms with Crippen LogP contribution in [0, 0.1) is 13.8 Å².